The number of benzene rings is 1. The molecule has 1 unspecified atom stereocenters. The van der Waals surface area contributed by atoms with Crippen LogP contribution in [0.25, 0.3) is 0 Å². The zero-order valence-electron chi connectivity index (χ0n) is 9.30. The Labute approximate surface area is 98.2 Å². The van der Waals surface area contributed by atoms with Crippen molar-refractivity contribution < 1.29 is 13.6 Å². The van der Waals surface area contributed by atoms with E-state index in [2.05, 4.69) is 10.6 Å². The largest absolute Gasteiger partial charge is 0.322 e. The van der Waals surface area contributed by atoms with E-state index >= 15 is 0 Å². The molecule has 1 fully saturated rings. The van der Waals surface area contributed by atoms with Crippen LogP contribution in [0.3, 0.4) is 0 Å². The van der Waals surface area contributed by atoms with Crippen LogP contribution in [0, 0.1) is 11.6 Å². The van der Waals surface area contributed by atoms with Crippen molar-refractivity contribution in [1.82, 2.24) is 5.32 Å². The number of amides is 1. The topological polar surface area (TPSA) is 41.1 Å². The van der Waals surface area contributed by atoms with E-state index in [9.17, 15) is 13.6 Å². The predicted octanol–water partition coefficient (Wildman–Crippen LogP) is 2.05. The van der Waals surface area contributed by atoms with E-state index in [1.807, 2.05) is 0 Å². The zero-order chi connectivity index (χ0) is 12.3. The summed E-state index contributed by atoms with van der Waals surface area (Å²) in [6.07, 6.45) is 2.73. The van der Waals surface area contributed by atoms with E-state index in [1.165, 1.54) is 0 Å². The summed E-state index contributed by atoms with van der Waals surface area (Å²) >= 11 is 0. The van der Waals surface area contributed by atoms with Gasteiger partial charge in [0.25, 0.3) is 0 Å². The SMILES string of the molecule is O=C(Nc1cc(F)ccc1F)C1CCCCN1. The van der Waals surface area contributed by atoms with Crippen molar-refractivity contribution in [2.45, 2.75) is 25.3 Å². The Kier molecular flexibility index (Phi) is 3.68. The highest BCUT2D eigenvalue weighted by atomic mass is 19.1. The minimum Gasteiger partial charge on any atom is -0.322 e. The Morgan fingerprint density at radius 2 is 2.18 bits per heavy atom. The van der Waals surface area contributed by atoms with E-state index in [4.69, 9.17) is 0 Å². The fraction of sp³-hybridized carbons (Fsp3) is 0.417. The highest BCUT2D eigenvalue weighted by Crippen LogP contribution is 2.16. The Morgan fingerprint density at radius 3 is 2.88 bits per heavy atom. The first kappa shape index (κ1) is 12.0. The molecule has 1 saturated heterocycles. The molecule has 17 heavy (non-hydrogen) atoms. The molecule has 0 bridgehead atoms. The summed E-state index contributed by atoms with van der Waals surface area (Å²) in [6.45, 7) is 0.781. The molecule has 0 radical (unpaired) electrons. The van der Waals surface area contributed by atoms with Crippen molar-refractivity contribution in [2.75, 3.05) is 11.9 Å². The Bertz CT molecular complexity index is 417. The zero-order valence-corrected chi connectivity index (χ0v) is 9.30. The van der Waals surface area contributed by atoms with Crippen LogP contribution in [0.2, 0.25) is 0 Å². The van der Waals surface area contributed by atoms with Gasteiger partial charge in [0.1, 0.15) is 11.6 Å². The fourth-order valence-electron chi connectivity index (χ4n) is 1.89. The van der Waals surface area contributed by atoms with Crippen molar-refractivity contribution >= 4 is 11.6 Å². The second kappa shape index (κ2) is 5.23. The summed E-state index contributed by atoms with van der Waals surface area (Å²) in [7, 11) is 0. The van der Waals surface area contributed by atoms with E-state index < -0.39 is 11.6 Å². The number of hydrogen-bond acceptors (Lipinski definition) is 2. The molecule has 3 nitrogen and oxygen atoms in total. The summed E-state index contributed by atoms with van der Waals surface area (Å²) in [6, 6.07) is 2.69. The van der Waals surface area contributed by atoms with Gasteiger partial charge in [0.15, 0.2) is 0 Å². The molecule has 0 aromatic heterocycles. The molecule has 1 atom stereocenters. The molecule has 0 aliphatic carbocycles. The fourth-order valence-corrected chi connectivity index (χ4v) is 1.89. The van der Waals surface area contributed by atoms with Crippen LogP contribution in [0.1, 0.15) is 19.3 Å². The van der Waals surface area contributed by atoms with Crippen LogP contribution in [0.4, 0.5) is 14.5 Å². The quantitative estimate of drug-likeness (QED) is 0.830. The molecule has 0 saturated carbocycles. The monoisotopic (exact) mass is 240 g/mol. The third kappa shape index (κ3) is 3.00. The lowest BCUT2D eigenvalue weighted by molar-refractivity contribution is -0.118. The third-order valence-electron chi connectivity index (χ3n) is 2.81. The number of carbonyl (C=O) groups excluding carboxylic acids is 1. The number of carbonyl (C=O) groups is 1. The van der Waals surface area contributed by atoms with Crippen LogP contribution in [-0.2, 0) is 4.79 Å². The maximum atomic E-state index is 13.3. The van der Waals surface area contributed by atoms with Gasteiger partial charge in [0, 0.05) is 6.07 Å². The molecule has 1 aromatic carbocycles. The molecule has 1 aromatic rings. The van der Waals surface area contributed by atoms with Crippen LogP contribution in [0.5, 0.6) is 0 Å². The van der Waals surface area contributed by atoms with Gasteiger partial charge in [-0.05, 0) is 31.5 Å². The smallest absolute Gasteiger partial charge is 0.241 e. The van der Waals surface area contributed by atoms with Crippen molar-refractivity contribution in [2.24, 2.45) is 0 Å². The van der Waals surface area contributed by atoms with E-state index in [0.717, 1.165) is 44.0 Å². The molecular formula is C12H14F2N2O. The number of halogens is 2. The predicted molar refractivity (Wildman–Crippen MR) is 60.6 cm³/mol. The molecule has 1 aliphatic heterocycles. The van der Waals surface area contributed by atoms with Gasteiger partial charge in [-0.1, -0.05) is 6.42 Å². The average molecular weight is 240 g/mol. The van der Waals surface area contributed by atoms with Gasteiger partial charge in [-0.25, -0.2) is 8.78 Å². The number of piperidine rings is 1. The van der Waals surface area contributed by atoms with Gasteiger partial charge in [0.2, 0.25) is 5.91 Å². The van der Waals surface area contributed by atoms with E-state index in [1.54, 1.807) is 0 Å². The molecule has 0 spiro atoms. The van der Waals surface area contributed by atoms with Crippen LogP contribution in [0.15, 0.2) is 18.2 Å². The van der Waals surface area contributed by atoms with Crippen molar-refractivity contribution in [3.05, 3.63) is 29.8 Å². The standard InChI is InChI=1S/C12H14F2N2O/c13-8-4-5-9(14)11(7-8)16-12(17)10-3-1-2-6-15-10/h4-5,7,10,15H,1-3,6H2,(H,16,17). The minimum absolute atomic E-state index is 0.109. The van der Waals surface area contributed by atoms with Crippen molar-refractivity contribution in [3.8, 4) is 0 Å². The minimum atomic E-state index is -0.629. The van der Waals surface area contributed by atoms with Gasteiger partial charge in [0.05, 0.1) is 11.7 Å². The first-order valence-electron chi connectivity index (χ1n) is 5.66. The van der Waals surface area contributed by atoms with Crippen LogP contribution >= 0.6 is 0 Å². The molecular weight excluding hydrogens is 226 g/mol. The number of rotatable bonds is 2. The van der Waals surface area contributed by atoms with Crippen molar-refractivity contribution in [1.29, 1.82) is 0 Å². The maximum Gasteiger partial charge on any atom is 0.241 e. The second-order valence-electron chi connectivity index (χ2n) is 4.12. The number of nitrogens with one attached hydrogen (secondary N) is 2. The highest BCUT2D eigenvalue weighted by molar-refractivity contribution is 5.94. The van der Waals surface area contributed by atoms with Gasteiger partial charge in [-0.2, -0.15) is 0 Å². The molecule has 1 heterocycles. The number of anilines is 1. The molecule has 5 heteroatoms. The van der Waals surface area contributed by atoms with Gasteiger partial charge in [-0.15, -0.1) is 0 Å². The highest BCUT2D eigenvalue weighted by Gasteiger charge is 2.21. The molecule has 2 rings (SSSR count). The summed E-state index contributed by atoms with van der Waals surface area (Å²) in [5, 5.41) is 5.45. The van der Waals surface area contributed by atoms with Crippen LogP contribution < -0.4 is 10.6 Å². The molecule has 2 N–H and O–H groups in total. The summed E-state index contributed by atoms with van der Waals surface area (Å²) in [5.74, 6) is -1.51. The maximum absolute atomic E-state index is 13.3. The summed E-state index contributed by atoms with van der Waals surface area (Å²) in [4.78, 5) is 11.8. The lowest BCUT2D eigenvalue weighted by atomic mass is 10.0. The summed E-state index contributed by atoms with van der Waals surface area (Å²) in [5.41, 5.74) is -0.109. The Hall–Kier alpha value is -1.49. The average Bonchev–Trinajstić information content (AvgIpc) is 2.35. The molecule has 1 amide bonds. The van der Waals surface area contributed by atoms with Gasteiger partial charge < -0.3 is 10.6 Å². The van der Waals surface area contributed by atoms with E-state index in [0.29, 0.717) is 0 Å². The summed E-state index contributed by atoms with van der Waals surface area (Å²) < 4.78 is 26.2. The second-order valence-corrected chi connectivity index (χ2v) is 4.12. The van der Waals surface area contributed by atoms with Crippen molar-refractivity contribution in [3.63, 3.8) is 0 Å². The first-order valence-corrected chi connectivity index (χ1v) is 5.66. The Morgan fingerprint density at radius 1 is 1.35 bits per heavy atom. The Balaban J connectivity index is 2.04. The van der Waals surface area contributed by atoms with Gasteiger partial charge >= 0.3 is 0 Å². The normalized spacial score (nSPS) is 20.0. The number of hydrogen-bond donors (Lipinski definition) is 2. The molecule has 92 valence electrons. The van der Waals surface area contributed by atoms with Gasteiger partial charge in [-0.3, -0.25) is 4.79 Å². The third-order valence-corrected chi connectivity index (χ3v) is 2.81. The lowest BCUT2D eigenvalue weighted by Crippen LogP contribution is -2.43. The lowest BCUT2D eigenvalue weighted by Gasteiger charge is -2.22. The van der Waals surface area contributed by atoms with E-state index in [-0.39, 0.29) is 17.6 Å². The van der Waals surface area contributed by atoms with Crippen LogP contribution in [-0.4, -0.2) is 18.5 Å². The first-order chi connectivity index (χ1) is 8.16. The molecule has 1 aliphatic rings.